The van der Waals surface area contributed by atoms with Gasteiger partial charge in [0.2, 0.25) is 0 Å². The zero-order chi connectivity index (χ0) is 14.7. The minimum absolute atomic E-state index is 0.269. The van der Waals surface area contributed by atoms with Crippen LogP contribution in [0, 0.1) is 0 Å². The van der Waals surface area contributed by atoms with E-state index >= 15 is 0 Å². The molecule has 0 N–H and O–H groups in total. The fourth-order valence-corrected chi connectivity index (χ4v) is 2.90. The van der Waals surface area contributed by atoms with Crippen molar-refractivity contribution in [3.63, 3.8) is 0 Å². The molecule has 1 aromatic rings. The highest BCUT2D eigenvalue weighted by atomic mass is 16.7. The number of benzene rings is 1. The van der Waals surface area contributed by atoms with Crippen molar-refractivity contribution in [3.8, 4) is 0 Å². The van der Waals surface area contributed by atoms with Gasteiger partial charge in [-0.05, 0) is 58.1 Å². The molecule has 0 saturated carbocycles. The molecule has 1 fully saturated rings. The summed E-state index contributed by atoms with van der Waals surface area (Å²) in [6.07, 6.45) is 1.12. The number of nitrogens with zero attached hydrogens (tertiary/aromatic N) is 1. The molecule has 0 aliphatic carbocycles. The van der Waals surface area contributed by atoms with Gasteiger partial charge in [-0.2, -0.15) is 0 Å². The molecule has 1 unspecified atom stereocenters. The van der Waals surface area contributed by atoms with Crippen LogP contribution in [0.5, 0.6) is 0 Å². The van der Waals surface area contributed by atoms with Gasteiger partial charge in [-0.25, -0.2) is 0 Å². The molecule has 0 amide bonds. The summed E-state index contributed by atoms with van der Waals surface area (Å²) in [5.41, 5.74) is 3.28. The lowest BCUT2D eigenvalue weighted by molar-refractivity contribution is 0.00578. The summed E-state index contributed by atoms with van der Waals surface area (Å²) in [7, 11) is 1.89. The zero-order valence-electron chi connectivity index (χ0n) is 13.4. The van der Waals surface area contributed by atoms with Crippen molar-refractivity contribution in [2.24, 2.45) is 0 Å². The van der Waals surface area contributed by atoms with Crippen LogP contribution in [-0.4, -0.2) is 31.4 Å². The summed E-state index contributed by atoms with van der Waals surface area (Å²) >= 11 is 0. The lowest BCUT2D eigenvalue weighted by atomic mass is 9.78. The van der Waals surface area contributed by atoms with Crippen molar-refractivity contribution in [2.45, 2.75) is 58.3 Å². The van der Waals surface area contributed by atoms with Gasteiger partial charge in [0.1, 0.15) is 0 Å². The molecule has 108 valence electrons. The van der Waals surface area contributed by atoms with Crippen molar-refractivity contribution < 1.29 is 9.31 Å². The fourth-order valence-electron chi connectivity index (χ4n) is 2.90. The first-order valence-electron chi connectivity index (χ1n) is 7.42. The van der Waals surface area contributed by atoms with Crippen molar-refractivity contribution in [3.05, 3.63) is 23.8 Å². The maximum absolute atomic E-state index is 6.13. The predicted octanol–water partition coefficient (Wildman–Crippen LogP) is 2.37. The quantitative estimate of drug-likeness (QED) is 0.733. The first-order valence-corrected chi connectivity index (χ1v) is 7.42. The molecule has 1 aromatic carbocycles. The highest BCUT2D eigenvalue weighted by Crippen LogP contribution is 2.37. The van der Waals surface area contributed by atoms with Crippen LogP contribution in [0.2, 0.25) is 0 Å². The van der Waals surface area contributed by atoms with Gasteiger partial charge in [-0.15, -0.1) is 0 Å². The first kappa shape index (κ1) is 14.0. The summed E-state index contributed by atoms with van der Waals surface area (Å²) in [6, 6.07) is 7.15. The van der Waals surface area contributed by atoms with Crippen LogP contribution >= 0.6 is 0 Å². The van der Waals surface area contributed by atoms with E-state index in [9.17, 15) is 0 Å². The molecule has 2 heterocycles. The third kappa shape index (κ3) is 1.97. The van der Waals surface area contributed by atoms with Gasteiger partial charge < -0.3 is 14.2 Å². The third-order valence-corrected chi connectivity index (χ3v) is 5.19. The molecule has 0 spiro atoms. The number of rotatable bonds is 1. The van der Waals surface area contributed by atoms with Gasteiger partial charge in [-0.3, -0.25) is 0 Å². The Balaban J connectivity index is 1.91. The third-order valence-electron chi connectivity index (χ3n) is 5.19. The SMILES string of the molecule is CC1Cc2ccc(B3OC(C)(C)C(C)(C)O3)cc2N1C. The fraction of sp³-hybridized carbons (Fsp3) is 0.625. The molecule has 3 rings (SSSR count). The van der Waals surface area contributed by atoms with E-state index in [4.69, 9.17) is 9.31 Å². The second-order valence-corrected chi connectivity index (χ2v) is 7.14. The van der Waals surface area contributed by atoms with E-state index in [2.05, 4.69) is 64.8 Å². The summed E-state index contributed by atoms with van der Waals surface area (Å²) in [4.78, 5) is 2.34. The second kappa shape index (κ2) is 4.25. The zero-order valence-corrected chi connectivity index (χ0v) is 13.4. The van der Waals surface area contributed by atoms with Gasteiger partial charge in [0, 0.05) is 18.8 Å². The monoisotopic (exact) mass is 273 g/mol. The lowest BCUT2D eigenvalue weighted by Crippen LogP contribution is -2.41. The Kier molecular flexibility index (Phi) is 2.97. The maximum Gasteiger partial charge on any atom is 0.494 e. The summed E-state index contributed by atoms with van der Waals surface area (Å²) in [6.45, 7) is 10.6. The first-order chi connectivity index (χ1) is 9.21. The Morgan fingerprint density at radius 3 is 2.35 bits per heavy atom. The van der Waals surface area contributed by atoms with Gasteiger partial charge in [0.25, 0.3) is 0 Å². The van der Waals surface area contributed by atoms with Crippen LogP contribution in [0.3, 0.4) is 0 Å². The molecular formula is C16H24BNO2. The Bertz CT molecular complexity index is 525. The molecule has 0 radical (unpaired) electrons. The van der Waals surface area contributed by atoms with Gasteiger partial charge in [0.05, 0.1) is 11.2 Å². The molecule has 0 aromatic heterocycles. The van der Waals surface area contributed by atoms with E-state index in [1.54, 1.807) is 0 Å². The van der Waals surface area contributed by atoms with E-state index in [1.807, 2.05) is 0 Å². The molecule has 0 bridgehead atoms. The molecule has 3 nitrogen and oxygen atoms in total. The Hall–Kier alpha value is -0.995. The van der Waals surface area contributed by atoms with Crippen LogP contribution in [0.25, 0.3) is 0 Å². The molecular weight excluding hydrogens is 249 g/mol. The Morgan fingerprint density at radius 2 is 1.75 bits per heavy atom. The number of fused-ring (bicyclic) bond motifs is 1. The van der Waals surface area contributed by atoms with E-state index in [0.717, 1.165) is 11.9 Å². The summed E-state index contributed by atoms with van der Waals surface area (Å²) in [5.74, 6) is 0. The van der Waals surface area contributed by atoms with Crippen LogP contribution in [0.15, 0.2) is 18.2 Å². The number of hydrogen-bond donors (Lipinski definition) is 0. The van der Waals surface area contributed by atoms with E-state index < -0.39 is 0 Å². The predicted molar refractivity (Wildman–Crippen MR) is 83.7 cm³/mol. The van der Waals surface area contributed by atoms with Crippen LogP contribution < -0.4 is 10.4 Å². The topological polar surface area (TPSA) is 21.7 Å². The lowest BCUT2D eigenvalue weighted by Gasteiger charge is -2.32. The largest absolute Gasteiger partial charge is 0.494 e. The smallest absolute Gasteiger partial charge is 0.399 e. The standard InChI is InChI=1S/C16H24BNO2/c1-11-9-12-7-8-13(10-14(12)18(11)6)17-19-15(2,3)16(4,5)20-17/h7-8,10-11H,9H2,1-6H3. The number of anilines is 1. The Morgan fingerprint density at radius 1 is 1.15 bits per heavy atom. The number of hydrogen-bond acceptors (Lipinski definition) is 3. The summed E-state index contributed by atoms with van der Waals surface area (Å²) in [5, 5.41) is 0. The van der Waals surface area contributed by atoms with E-state index in [0.29, 0.717) is 6.04 Å². The normalized spacial score (nSPS) is 27.0. The minimum Gasteiger partial charge on any atom is -0.399 e. The molecule has 2 aliphatic heterocycles. The summed E-state index contributed by atoms with van der Waals surface area (Å²) < 4.78 is 12.3. The highest BCUT2D eigenvalue weighted by Gasteiger charge is 2.51. The Labute approximate surface area is 122 Å². The van der Waals surface area contributed by atoms with Crippen molar-refractivity contribution >= 4 is 18.3 Å². The van der Waals surface area contributed by atoms with Crippen LogP contribution in [0.1, 0.15) is 40.2 Å². The molecule has 1 atom stereocenters. The van der Waals surface area contributed by atoms with Gasteiger partial charge >= 0.3 is 7.12 Å². The van der Waals surface area contributed by atoms with Crippen molar-refractivity contribution in [2.75, 3.05) is 11.9 Å². The minimum atomic E-state index is -0.282. The van der Waals surface area contributed by atoms with Gasteiger partial charge in [0.15, 0.2) is 0 Å². The molecule has 2 aliphatic rings. The van der Waals surface area contributed by atoms with E-state index in [-0.39, 0.29) is 18.3 Å². The molecule has 4 heteroatoms. The number of likely N-dealkylation sites (N-methyl/N-ethyl adjacent to an activating group) is 1. The highest BCUT2D eigenvalue weighted by molar-refractivity contribution is 6.62. The van der Waals surface area contributed by atoms with Crippen molar-refractivity contribution in [1.82, 2.24) is 0 Å². The van der Waals surface area contributed by atoms with Gasteiger partial charge in [-0.1, -0.05) is 12.1 Å². The molecule has 1 saturated heterocycles. The van der Waals surface area contributed by atoms with E-state index in [1.165, 1.54) is 11.3 Å². The molecule has 20 heavy (non-hydrogen) atoms. The second-order valence-electron chi connectivity index (χ2n) is 7.14. The average Bonchev–Trinajstić information content (AvgIpc) is 2.74. The maximum atomic E-state index is 6.13. The van der Waals surface area contributed by atoms with Crippen LogP contribution in [0.4, 0.5) is 5.69 Å². The van der Waals surface area contributed by atoms with Crippen molar-refractivity contribution in [1.29, 1.82) is 0 Å². The average molecular weight is 273 g/mol. The van der Waals surface area contributed by atoms with Crippen LogP contribution in [-0.2, 0) is 15.7 Å².